The molecule has 0 unspecified atom stereocenters. The highest BCUT2D eigenvalue weighted by Crippen LogP contribution is 2.15. The largest absolute Gasteiger partial charge is 0.493 e. The lowest BCUT2D eigenvalue weighted by Gasteiger charge is -2.05. The number of ether oxygens (including phenoxy) is 1. The van der Waals surface area contributed by atoms with Crippen molar-refractivity contribution in [1.82, 2.24) is 5.43 Å². The van der Waals surface area contributed by atoms with Gasteiger partial charge in [-0.25, -0.2) is 5.43 Å². The van der Waals surface area contributed by atoms with Gasteiger partial charge < -0.3 is 4.74 Å². The Bertz CT molecular complexity index is 472. The predicted molar refractivity (Wildman–Crippen MR) is 96.0 cm³/mol. The summed E-state index contributed by atoms with van der Waals surface area (Å²) in [4.78, 5) is 11.7. The van der Waals surface area contributed by atoms with Gasteiger partial charge in [-0.15, -0.1) is 0 Å². The van der Waals surface area contributed by atoms with Gasteiger partial charge in [0.15, 0.2) is 0 Å². The molecule has 0 fully saturated rings. The summed E-state index contributed by atoms with van der Waals surface area (Å²) in [6, 6.07) is 7.65. The molecule has 0 aliphatic rings. The zero-order chi connectivity index (χ0) is 16.8. The second kappa shape index (κ2) is 12.7. The fourth-order valence-corrected chi connectivity index (χ4v) is 2.35. The van der Waals surface area contributed by atoms with Crippen LogP contribution in [0.4, 0.5) is 0 Å². The number of hydrogen-bond donors (Lipinski definition) is 1. The molecule has 0 saturated carbocycles. The van der Waals surface area contributed by atoms with Crippen molar-refractivity contribution in [3.8, 4) is 5.75 Å². The SMILES string of the molecule is CCCCCCCCCC(=O)N/N=C\c1ccccc1OCC. The summed E-state index contributed by atoms with van der Waals surface area (Å²) in [5, 5.41) is 4.02. The van der Waals surface area contributed by atoms with E-state index in [1.807, 2.05) is 31.2 Å². The van der Waals surface area contributed by atoms with Crippen molar-refractivity contribution in [3.63, 3.8) is 0 Å². The number of para-hydroxylation sites is 1. The van der Waals surface area contributed by atoms with Crippen molar-refractivity contribution < 1.29 is 9.53 Å². The van der Waals surface area contributed by atoms with Crippen LogP contribution in [-0.4, -0.2) is 18.7 Å². The number of hydrogen-bond acceptors (Lipinski definition) is 3. The smallest absolute Gasteiger partial charge is 0.240 e. The van der Waals surface area contributed by atoms with Gasteiger partial charge >= 0.3 is 0 Å². The summed E-state index contributed by atoms with van der Waals surface area (Å²) in [7, 11) is 0. The summed E-state index contributed by atoms with van der Waals surface area (Å²) < 4.78 is 5.51. The van der Waals surface area contributed by atoms with Crippen LogP contribution in [0.2, 0.25) is 0 Å². The van der Waals surface area contributed by atoms with Crippen LogP contribution in [0.25, 0.3) is 0 Å². The Morgan fingerprint density at radius 1 is 1.09 bits per heavy atom. The number of nitrogens with zero attached hydrogens (tertiary/aromatic N) is 1. The molecule has 4 heteroatoms. The summed E-state index contributed by atoms with van der Waals surface area (Å²) in [6.45, 7) is 4.77. The summed E-state index contributed by atoms with van der Waals surface area (Å²) in [6.07, 6.45) is 10.6. The van der Waals surface area contributed by atoms with Gasteiger partial charge in [0.05, 0.1) is 12.8 Å². The van der Waals surface area contributed by atoms with E-state index < -0.39 is 0 Å². The molecule has 4 nitrogen and oxygen atoms in total. The maximum Gasteiger partial charge on any atom is 0.240 e. The average molecular weight is 318 g/mol. The molecule has 0 aromatic heterocycles. The fraction of sp³-hybridized carbons (Fsp3) is 0.579. The lowest BCUT2D eigenvalue weighted by Crippen LogP contribution is -2.17. The van der Waals surface area contributed by atoms with E-state index in [9.17, 15) is 4.79 Å². The Morgan fingerprint density at radius 3 is 2.52 bits per heavy atom. The standard InChI is InChI=1S/C19H30N2O2/c1-3-5-6-7-8-9-10-15-19(22)21-20-16-17-13-11-12-14-18(17)23-4-2/h11-14,16H,3-10,15H2,1-2H3,(H,21,22)/b20-16-. The molecule has 0 saturated heterocycles. The molecular weight excluding hydrogens is 288 g/mol. The normalized spacial score (nSPS) is 10.9. The first kappa shape index (κ1) is 19.2. The molecule has 0 heterocycles. The first-order valence-corrected chi connectivity index (χ1v) is 8.81. The van der Waals surface area contributed by atoms with E-state index in [-0.39, 0.29) is 5.91 Å². The molecule has 128 valence electrons. The highest BCUT2D eigenvalue weighted by atomic mass is 16.5. The highest BCUT2D eigenvalue weighted by Gasteiger charge is 2.01. The van der Waals surface area contributed by atoms with Gasteiger partial charge in [0, 0.05) is 12.0 Å². The zero-order valence-corrected chi connectivity index (χ0v) is 14.5. The number of rotatable bonds is 12. The minimum atomic E-state index is -0.0244. The topological polar surface area (TPSA) is 50.7 Å². The van der Waals surface area contributed by atoms with Gasteiger partial charge in [-0.3, -0.25) is 4.79 Å². The van der Waals surface area contributed by atoms with Gasteiger partial charge in [-0.2, -0.15) is 5.10 Å². The monoisotopic (exact) mass is 318 g/mol. The number of hydrazone groups is 1. The van der Waals surface area contributed by atoms with Gasteiger partial charge in [0.2, 0.25) is 5.91 Å². The Balaban J connectivity index is 2.20. The number of carbonyl (C=O) groups excluding carboxylic acids is 1. The molecule has 0 aliphatic carbocycles. The molecule has 1 rings (SSSR count). The van der Waals surface area contributed by atoms with E-state index >= 15 is 0 Å². The third-order valence-electron chi connectivity index (χ3n) is 3.62. The van der Waals surface area contributed by atoms with Gasteiger partial charge in [0.25, 0.3) is 0 Å². The second-order valence-corrected chi connectivity index (χ2v) is 5.64. The molecule has 1 N–H and O–H groups in total. The van der Waals surface area contributed by atoms with Crippen molar-refractivity contribution in [2.45, 2.75) is 65.2 Å². The van der Waals surface area contributed by atoms with Crippen molar-refractivity contribution in [3.05, 3.63) is 29.8 Å². The Morgan fingerprint density at radius 2 is 1.78 bits per heavy atom. The van der Waals surface area contributed by atoms with Crippen molar-refractivity contribution in [1.29, 1.82) is 0 Å². The summed E-state index contributed by atoms with van der Waals surface area (Å²) >= 11 is 0. The fourth-order valence-electron chi connectivity index (χ4n) is 2.35. The van der Waals surface area contributed by atoms with E-state index in [0.29, 0.717) is 13.0 Å². The maximum atomic E-state index is 11.7. The van der Waals surface area contributed by atoms with Gasteiger partial charge in [0.1, 0.15) is 5.75 Å². The van der Waals surface area contributed by atoms with Crippen LogP contribution in [0.15, 0.2) is 29.4 Å². The molecule has 1 aromatic carbocycles. The second-order valence-electron chi connectivity index (χ2n) is 5.64. The molecule has 1 aromatic rings. The van der Waals surface area contributed by atoms with Crippen molar-refractivity contribution in [2.75, 3.05) is 6.61 Å². The quantitative estimate of drug-likeness (QED) is 0.346. The van der Waals surface area contributed by atoms with E-state index in [1.165, 1.54) is 32.1 Å². The molecule has 0 radical (unpaired) electrons. The Hall–Kier alpha value is -1.84. The maximum absolute atomic E-state index is 11.7. The van der Waals surface area contributed by atoms with E-state index in [4.69, 9.17) is 4.74 Å². The Kier molecular flexibility index (Phi) is 10.6. The Labute approximate surface area is 140 Å². The summed E-state index contributed by atoms with van der Waals surface area (Å²) in [5.74, 6) is 0.753. The van der Waals surface area contributed by atoms with Crippen LogP contribution in [0.5, 0.6) is 5.75 Å². The highest BCUT2D eigenvalue weighted by molar-refractivity contribution is 5.85. The van der Waals surface area contributed by atoms with Crippen LogP contribution in [-0.2, 0) is 4.79 Å². The average Bonchev–Trinajstić information content (AvgIpc) is 2.56. The van der Waals surface area contributed by atoms with E-state index in [0.717, 1.165) is 24.2 Å². The van der Waals surface area contributed by atoms with Crippen LogP contribution in [0.3, 0.4) is 0 Å². The molecule has 23 heavy (non-hydrogen) atoms. The molecule has 0 spiro atoms. The minimum absolute atomic E-state index is 0.0244. The van der Waals surface area contributed by atoms with Crippen molar-refractivity contribution >= 4 is 12.1 Å². The molecule has 0 atom stereocenters. The third-order valence-corrected chi connectivity index (χ3v) is 3.62. The molecule has 0 bridgehead atoms. The van der Waals surface area contributed by atoms with Gasteiger partial charge in [-0.05, 0) is 25.5 Å². The first-order valence-electron chi connectivity index (χ1n) is 8.81. The first-order chi connectivity index (χ1) is 11.3. The number of amides is 1. The number of benzene rings is 1. The number of nitrogens with one attached hydrogen (secondary N) is 1. The third kappa shape index (κ3) is 9.01. The molecule has 1 amide bonds. The molecular formula is C19H30N2O2. The van der Waals surface area contributed by atoms with Gasteiger partial charge in [-0.1, -0.05) is 57.6 Å². The van der Waals surface area contributed by atoms with Crippen LogP contribution in [0, 0.1) is 0 Å². The zero-order valence-electron chi connectivity index (χ0n) is 14.5. The van der Waals surface area contributed by atoms with Crippen LogP contribution in [0.1, 0.15) is 70.8 Å². The lowest BCUT2D eigenvalue weighted by atomic mass is 10.1. The number of carbonyl (C=O) groups is 1. The molecule has 0 aliphatic heterocycles. The van der Waals surface area contributed by atoms with Crippen molar-refractivity contribution in [2.24, 2.45) is 5.10 Å². The minimum Gasteiger partial charge on any atom is -0.493 e. The lowest BCUT2D eigenvalue weighted by molar-refractivity contribution is -0.121. The number of unbranched alkanes of at least 4 members (excludes halogenated alkanes) is 6. The predicted octanol–water partition coefficient (Wildman–Crippen LogP) is 4.68. The van der Waals surface area contributed by atoms with Crippen LogP contribution < -0.4 is 10.2 Å². The van der Waals surface area contributed by atoms with E-state index in [2.05, 4.69) is 17.5 Å². The van der Waals surface area contributed by atoms with E-state index in [1.54, 1.807) is 6.21 Å². The van der Waals surface area contributed by atoms with Crippen LogP contribution >= 0.6 is 0 Å². The summed E-state index contributed by atoms with van der Waals surface area (Å²) in [5.41, 5.74) is 3.45.